The second kappa shape index (κ2) is 5.46. The van der Waals surface area contributed by atoms with E-state index in [0.717, 1.165) is 24.1 Å². The summed E-state index contributed by atoms with van der Waals surface area (Å²) in [7, 11) is 0. The fourth-order valence-corrected chi connectivity index (χ4v) is 2.53. The molecule has 2 atom stereocenters. The predicted molar refractivity (Wildman–Crippen MR) is 70.2 cm³/mol. The summed E-state index contributed by atoms with van der Waals surface area (Å²) in [5.41, 5.74) is 0.178. The largest absolute Gasteiger partial charge is 0.416 e. The van der Waals surface area contributed by atoms with Crippen molar-refractivity contribution in [3.63, 3.8) is 0 Å². The SMILES string of the molecule is CCN(CC)C(=O)[C@@H]1CC1c1ccc(C(F)(F)F)cc1. The molecule has 1 unspecified atom stereocenters. The van der Waals surface area contributed by atoms with Crippen molar-refractivity contribution in [1.29, 1.82) is 0 Å². The first-order valence-electron chi connectivity index (χ1n) is 6.84. The van der Waals surface area contributed by atoms with E-state index in [1.165, 1.54) is 12.1 Å². The average Bonchev–Trinajstić information content (AvgIpc) is 3.19. The van der Waals surface area contributed by atoms with E-state index in [-0.39, 0.29) is 17.7 Å². The highest BCUT2D eigenvalue weighted by Gasteiger charge is 2.45. The zero-order chi connectivity index (χ0) is 14.9. The Bertz CT molecular complexity index is 477. The van der Waals surface area contributed by atoms with Crippen LogP contribution in [-0.4, -0.2) is 23.9 Å². The molecule has 1 aliphatic rings. The number of rotatable bonds is 4. The highest BCUT2D eigenvalue weighted by molar-refractivity contribution is 5.83. The topological polar surface area (TPSA) is 20.3 Å². The predicted octanol–water partition coefficient (Wildman–Crippen LogP) is 3.68. The van der Waals surface area contributed by atoms with Crippen molar-refractivity contribution >= 4 is 5.91 Å². The van der Waals surface area contributed by atoms with Crippen molar-refractivity contribution in [3.05, 3.63) is 35.4 Å². The first-order valence-corrected chi connectivity index (χ1v) is 6.84. The molecule has 2 rings (SSSR count). The van der Waals surface area contributed by atoms with Gasteiger partial charge in [0.05, 0.1) is 5.56 Å². The zero-order valence-corrected chi connectivity index (χ0v) is 11.6. The lowest BCUT2D eigenvalue weighted by Crippen LogP contribution is -2.32. The average molecular weight is 285 g/mol. The van der Waals surface area contributed by atoms with Gasteiger partial charge in [0.25, 0.3) is 0 Å². The fraction of sp³-hybridized carbons (Fsp3) is 0.533. The van der Waals surface area contributed by atoms with Crippen LogP contribution in [0.4, 0.5) is 13.2 Å². The van der Waals surface area contributed by atoms with Gasteiger partial charge in [0.2, 0.25) is 5.91 Å². The van der Waals surface area contributed by atoms with Crippen LogP contribution in [0.25, 0.3) is 0 Å². The second-order valence-corrected chi connectivity index (χ2v) is 5.08. The summed E-state index contributed by atoms with van der Waals surface area (Å²) in [6.45, 7) is 5.20. The summed E-state index contributed by atoms with van der Waals surface area (Å²) in [6.07, 6.45) is -3.57. The van der Waals surface area contributed by atoms with E-state index in [1.54, 1.807) is 4.90 Å². The number of alkyl halides is 3. The summed E-state index contributed by atoms with van der Waals surface area (Å²) < 4.78 is 37.4. The molecule has 0 bridgehead atoms. The van der Waals surface area contributed by atoms with Gasteiger partial charge in [-0.05, 0) is 43.9 Å². The molecule has 0 aliphatic heterocycles. The van der Waals surface area contributed by atoms with Crippen molar-refractivity contribution in [1.82, 2.24) is 4.90 Å². The minimum absolute atomic E-state index is 0.0633. The van der Waals surface area contributed by atoms with E-state index in [1.807, 2.05) is 13.8 Å². The van der Waals surface area contributed by atoms with Crippen molar-refractivity contribution in [2.45, 2.75) is 32.4 Å². The van der Waals surface area contributed by atoms with Gasteiger partial charge in [-0.2, -0.15) is 13.2 Å². The first kappa shape index (κ1) is 14.9. The fourth-order valence-electron chi connectivity index (χ4n) is 2.53. The molecular weight excluding hydrogens is 267 g/mol. The zero-order valence-electron chi connectivity index (χ0n) is 11.6. The molecular formula is C15H18F3NO. The van der Waals surface area contributed by atoms with Crippen molar-refractivity contribution in [2.24, 2.45) is 5.92 Å². The number of hydrogen-bond donors (Lipinski definition) is 0. The Morgan fingerprint density at radius 1 is 1.20 bits per heavy atom. The van der Waals surface area contributed by atoms with Crippen LogP contribution in [0, 0.1) is 5.92 Å². The van der Waals surface area contributed by atoms with E-state index in [0.29, 0.717) is 13.1 Å². The number of nitrogens with zero attached hydrogens (tertiary/aromatic N) is 1. The second-order valence-electron chi connectivity index (χ2n) is 5.08. The summed E-state index contributed by atoms with van der Waals surface area (Å²) >= 11 is 0. The molecule has 0 spiro atoms. The minimum atomic E-state index is -4.31. The number of halogens is 3. The maximum absolute atomic E-state index is 12.5. The van der Waals surface area contributed by atoms with Crippen LogP contribution < -0.4 is 0 Å². The molecule has 0 heterocycles. The molecule has 0 aromatic heterocycles. The van der Waals surface area contributed by atoms with Crippen LogP contribution in [0.3, 0.4) is 0 Å². The molecule has 1 aliphatic carbocycles. The molecule has 20 heavy (non-hydrogen) atoms. The Kier molecular flexibility index (Phi) is 4.06. The number of carbonyl (C=O) groups is 1. The number of benzene rings is 1. The molecule has 0 N–H and O–H groups in total. The van der Waals surface area contributed by atoms with Gasteiger partial charge >= 0.3 is 6.18 Å². The maximum atomic E-state index is 12.5. The van der Waals surface area contributed by atoms with Gasteiger partial charge < -0.3 is 4.90 Å². The summed E-state index contributed by atoms with van der Waals surface area (Å²) in [4.78, 5) is 13.9. The van der Waals surface area contributed by atoms with Crippen molar-refractivity contribution in [2.75, 3.05) is 13.1 Å². The number of hydrogen-bond acceptors (Lipinski definition) is 1. The van der Waals surface area contributed by atoms with Crippen molar-refractivity contribution in [3.8, 4) is 0 Å². The minimum Gasteiger partial charge on any atom is -0.343 e. The van der Waals surface area contributed by atoms with E-state index in [9.17, 15) is 18.0 Å². The van der Waals surface area contributed by atoms with Crippen LogP contribution in [0.5, 0.6) is 0 Å². The van der Waals surface area contributed by atoms with Gasteiger partial charge in [0.15, 0.2) is 0 Å². The van der Waals surface area contributed by atoms with E-state index < -0.39 is 11.7 Å². The number of carbonyl (C=O) groups excluding carboxylic acids is 1. The van der Waals surface area contributed by atoms with Crippen LogP contribution in [-0.2, 0) is 11.0 Å². The molecule has 1 fully saturated rings. The quantitative estimate of drug-likeness (QED) is 0.826. The van der Waals surface area contributed by atoms with Gasteiger partial charge in [-0.3, -0.25) is 4.79 Å². The Labute approximate surface area is 116 Å². The molecule has 1 amide bonds. The molecule has 1 aromatic carbocycles. The Morgan fingerprint density at radius 3 is 2.20 bits per heavy atom. The highest BCUT2D eigenvalue weighted by atomic mass is 19.4. The maximum Gasteiger partial charge on any atom is 0.416 e. The van der Waals surface area contributed by atoms with Gasteiger partial charge in [0.1, 0.15) is 0 Å². The summed E-state index contributed by atoms with van der Waals surface area (Å²) in [5, 5.41) is 0. The Morgan fingerprint density at radius 2 is 1.75 bits per heavy atom. The van der Waals surface area contributed by atoms with E-state index in [2.05, 4.69) is 0 Å². The molecule has 5 heteroatoms. The number of amides is 1. The normalized spacial score (nSPS) is 21.6. The van der Waals surface area contributed by atoms with Crippen LogP contribution in [0.15, 0.2) is 24.3 Å². The molecule has 110 valence electrons. The highest BCUT2D eigenvalue weighted by Crippen LogP contribution is 2.48. The Hall–Kier alpha value is -1.52. The Balaban J connectivity index is 2.03. The monoisotopic (exact) mass is 285 g/mol. The third-order valence-electron chi connectivity index (χ3n) is 3.85. The van der Waals surface area contributed by atoms with Crippen LogP contribution in [0.2, 0.25) is 0 Å². The van der Waals surface area contributed by atoms with Crippen molar-refractivity contribution < 1.29 is 18.0 Å². The lowest BCUT2D eigenvalue weighted by Gasteiger charge is -2.18. The first-order chi connectivity index (χ1) is 9.38. The van der Waals surface area contributed by atoms with E-state index in [4.69, 9.17) is 0 Å². The third-order valence-corrected chi connectivity index (χ3v) is 3.85. The van der Waals surface area contributed by atoms with Gasteiger partial charge in [-0.15, -0.1) is 0 Å². The van der Waals surface area contributed by atoms with Gasteiger partial charge in [-0.1, -0.05) is 12.1 Å². The standard InChI is InChI=1S/C15H18F3NO/c1-3-19(4-2)14(20)13-9-12(13)10-5-7-11(8-6-10)15(16,17)18/h5-8,12-13H,3-4,9H2,1-2H3/t12?,13-/m1/s1. The van der Waals surface area contributed by atoms with Crippen LogP contribution in [0.1, 0.15) is 37.3 Å². The van der Waals surface area contributed by atoms with Crippen LogP contribution >= 0.6 is 0 Å². The lowest BCUT2D eigenvalue weighted by atomic mass is 10.1. The molecule has 1 saturated carbocycles. The molecule has 0 saturated heterocycles. The molecule has 1 aromatic rings. The smallest absolute Gasteiger partial charge is 0.343 e. The summed E-state index contributed by atoms with van der Waals surface area (Å²) in [5.74, 6) is 0.122. The summed E-state index contributed by atoms with van der Waals surface area (Å²) in [6, 6.07) is 5.16. The molecule has 0 radical (unpaired) electrons. The van der Waals surface area contributed by atoms with Gasteiger partial charge in [0, 0.05) is 19.0 Å². The van der Waals surface area contributed by atoms with Gasteiger partial charge in [-0.25, -0.2) is 0 Å². The lowest BCUT2D eigenvalue weighted by molar-refractivity contribution is -0.137. The molecule has 2 nitrogen and oxygen atoms in total. The third kappa shape index (κ3) is 2.97. The van der Waals surface area contributed by atoms with E-state index >= 15 is 0 Å².